The summed E-state index contributed by atoms with van der Waals surface area (Å²) in [5.74, 6) is -0.772. The van der Waals surface area contributed by atoms with Crippen LogP contribution in [0.2, 0.25) is 5.02 Å². The van der Waals surface area contributed by atoms with E-state index >= 15 is 4.39 Å². The first-order chi connectivity index (χ1) is 20.6. The first-order valence-electron chi connectivity index (χ1n) is 12.5. The lowest BCUT2D eigenvalue weighted by Crippen LogP contribution is -2.36. The number of hydrogen-bond donors (Lipinski definition) is 0. The Morgan fingerprint density at radius 3 is 2.58 bits per heavy atom. The quantitative estimate of drug-likeness (QED) is 0.150. The molecule has 0 unspecified atom stereocenters. The van der Waals surface area contributed by atoms with Crippen molar-refractivity contribution in [2.24, 2.45) is 7.05 Å². The Hall–Kier alpha value is -5.25. The van der Waals surface area contributed by atoms with Gasteiger partial charge in [0.05, 0.1) is 39.9 Å². The van der Waals surface area contributed by atoms with Gasteiger partial charge in [0, 0.05) is 37.5 Å². The van der Waals surface area contributed by atoms with Crippen molar-refractivity contribution in [3.8, 4) is 27.9 Å². The molecule has 0 amide bonds. The van der Waals surface area contributed by atoms with Crippen LogP contribution in [0.15, 0.2) is 73.7 Å². The maximum absolute atomic E-state index is 15.3. The molecule has 0 radical (unpaired) electrons. The molecule has 0 spiro atoms. The van der Waals surface area contributed by atoms with Crippen molar-refractivity contribution in [3.63, 3.8) is 0 Å². The van der Waals surface area contributed by atoms with Gasteiger partial charge in [0.25, 0.3) is 0 Å². The van der Waals surface area contributed by atoms with Gasteiger partial charge in [-0.15, -0.1) is 5.10 Å². The number of alkyl halides is 3. The molecule has 0 bridgehead atoms. The summed E-state index contributed by atoms with van der Waals surface area (Å²) in [5, 5.41) is 37.1. The van der Waals surface area contributed by atoms with Crippen LogP contribution < -0.4 is 4.73 Å². The number of halogens is 5. The zero-order valence-electron chi connectivity index (χ0n) is 21.9. The molecule has 5 aromatic heterocycles. The Balaban J connectivity index is 1.42. The lowest BCUT2D eigenvalue weighted by atomic mass is 10.0. The Kier molecular flexibility index (Phi) is 7.05. The molecule has 1 atom stereocenters. The van der Waals surface area contributed by atoms with Crippen molar-refractivity contribution >= 4 is 11.6 Å². The highest BCUT2D eigenvalue weighted by atomic mass is 35.5. The predicted octanol–water partition coefficient (Wildman–Crippen LogP) is 3.99. The van der Waals surface area contributed by atoms with E-state index in [1.54, 1.807) is 13.1 Å². The Bertz CT molecular complexity index is 1920. The van der Waals surface area contributed by atoms with Gasteiger partial charge in [-0.1, -0.05) is 11.6 Å². The van der Waals surface area contributed by atoms with Gasteiger partial charge in [0.15, 0.2) is 12.0 Å². The monoisotopic (exact) mass is 611 g/mol. The average molecular weight is 612 g/mol. The number of nitrogens with zero attached hydrogens (tertiary/aromatic N) is 11. The van der Waals surface area contributed by atoms with Gasteiger partial charge in [-0.25, -0.2) is 4.39 Å². The summed E-state index contributed by atoms with van der Waals surface area (Å²) in [5.41, 5.74) is 0.738. The zero-order chi connectivity index (χ0) is 30.3. The topological polar surface area (TPSA) is 132 Å². The van der Waals surface area contributed by atoms with Crippen molar-refractivity contribution in [1.82, 2.24) is 50.0 Å². The van der Waals surface area contributed by atoms with Gasteiger partial charge in [0.2, 0.25) is 5.69 Å². The largest absolute Gasteiger partial charge is 0.618 e. The fraction of sp³-hybridized carbons (Fsp3) is 0.154. The minimum atomic E-state index is -4.62. The maximum Gasteiger partial charge on any atom is 0.433 e. The summed E-state index contributed by atoms with van der Waals surface area (Å²) in [4.78, 5) is 4.76. The van der Waals surface area contributed by atoms with Gasteiger partial charge in [-0.3, -0.25) is 9.67 Å². The number of aryl methyl sites for hydroxylation is 1. The molecule has 0 fully saturated rings. The molecular formula is C26H18ClF4N11O. The van der Waals surface area contributed by atoms with E-state index in [4.69, 9.17) is 11.6 Å². The first kappa shape index (κ1) is 27.9. The van der Waals surface area contributed by atoms with Gasteiger partial charge in [-0.05, 0) is 46.3 Å². The second-order valence-corrected chi connectivity index (χ2v) is 9.77. The third-order valence-corrected chi connectivity index (χ3v) is 6.89. The minimum Gasteiger partial charge on any atom is -0.618 e. The molecule has 12 nitrogen and oxygen atoms in total. The summed E-state index contributed by atoms with van der Waals surface area (Å²) in [6.45, 7) is 0. The molecular weight excluding hydrogens is 594 g/mol. The average Bonchev–Trinajstić information content (AvgIpc) is 3.76. The Morgan fingerprint density at radius 2 is 1.88 bits per heavy atom. The van der Waals surface area contributed by atoms with E-state index in [0.29, 0.717) is 16.0 Å². The van der Waals surface area contributed by atoms with Crippen molar-refractivity contribution in [1.29, 1.82) is 0 Å². The lowest BCUT2D eigenvalue weighted by molar-refractivity contribution is -0.615. The van der Waals surface area contributed by atoms with E-state index in [9.17, 15) is 18.4 Å². The molecule has 17 heteroatoms. The highest BCUT2D eigenvalue weighted by Gasteiger charge is 2.33. The molecule has 0 saturated carbocycles. The molecule has 0 aliphatic rings. The van der Waals surface area contributed by atoms with Gasteiger partial charge in [-0.2, -0.15) is 42.7 Å². The standard InChI is InChI=1S/C26H18ClF4N11O/c1-39-34-11-18(36-39)9-22(40-12-17(10-35-40)15-6-7-32-23(8-15)26(29,30)31)20-4-2-16(13-42(20)43)24-21(41-14-33-37-38-41)5-3-19(27)25(24)28/h2-8,10-14,22H,9H2,1H3/t22-/m1/s1. The molecule has 218 valence electrons. The summed E-state index contributed by atoms with van der Waals surface area (Å²) in [6.07, 6.45) is 3.50. The number of hydrogen-bond acceptors (Lipinski definition) is 8. The van der Waals surface area contributed by atoms with Crippen molar-refractivity contribution in [3.05, 3.63) is 107 Å². The van der Waals surface area contributed by atoms with E-state index in [0.717, 1.165) is 12.3 Å². The molecule has 1 aromatic carbocycles. The Morgan fingerprint density at radius 1 is 1.05 bits per heavy atom. The van der Waals surface area contributed by atoms with Gasteiger partial charge < -0.3 is 5.21 Å². The van der Waals surface area contributed by atoms with Crippen LogP contribution in [0.3, 0.4) is 0 Å². The van der Waals surface area contributed by atoms with Crippen LogP contribution >= 0.6 is 11.6 Å². The second kappa shape index (κ2) is 10.9. The minimum absolute atomic E-state index is 0.000886. The third-order valence-electron chi connectivity index (χ3n) is 6.60. The smallest absolute Gasteiger partial charge is 0.433 e. The highest BCUT2D eigenvalue weighted by Crippen LogP contribution is 2.34. The van der Waals surface area contributed by atoms with E-state index in [1.165, 1.54) is 69.5 Å². The van der Waals surface area contributed by atoms with Crippen LogP contribution in [-0.4, -0.2) is 50.0 Å². The fourth-order valence-electron chi connectivity index (χ4n) is 4.61. The molecule has 0 aliphatic carbocycles. The van der Waals surface area contributed by atoms with Crippen molar-refractivity contribution < 1.29 is 22.3 Å². The number of aromatic nitrogens is 11. The van der Waals surface area contributed by atoms with E-state index < -0.39 is 23.7 Å². The van der Waals surface area contributed by atoms with Crippen molar-refractivity contribution in [2.45, 2.75) is 18.6 Å². The number of tetrazole rings is 1. The van der Waals surface area contributed by atoms with Crippen LogP contribution in [0.1, 0.15) is 23.1 Å². The molecule has 5 heterocycles. The molecule has 6 aromatic rings. The van der Waals surface area contributed by atoms with Crippen LogP contribution in [0, 0.1) is 11.0 Å². The van der Waals surface area contributed by atoms with E-state index in [1.807, 2.05) is 0 Å². The molecule has 0 saturated heterocycles. The van der Waals surface area contributed by atoms with Crippen LogP contribution in [0.25, 0.3) is 27.9 Å². The normalized spacial score (nSPS) is 12.5. The van der Waals surface area contributed by atoms with E-state index in [-0.39, 0.29) is 39.5 Å². The summed E-state index contributed by atoms with van der Waals surface area (Å²) in [7, 11) is 1.64. The SMILES string of the molecule is Cn1ncc(C[C@H](c2ccc(-c3c(-n4cnnn4)ccc(Cl)c3F)c[n+]2[O-])n2cc(-c3ccnc(C(F)(F)F)c3)cn2)n1. The summed E-state index contributed by atoms with van der Waals surface area (Å²) >= 11 is 6.06. The molecule has 0 aliphatic heterocycles. The van der Waals surface area contributed by atoms with Crippen LogP contribution in [-0.2, 0) is 19.6 Å². The van der Waals surface area contributed by atoms with Crippen molar-refractivity contribution in [2.75, 3.05) is 0 Å². The third kappa shape index (κ3) is 5.51. The summed E-state index contributed by atoms with van der Waals surface area (Å²) in [6, 6.07) is 7.49. The molecule has 43 heavy (non-hydrogen) atoms. The van der Waals surface area contributed by atoms with Crippen LogP contribution in [0.4, 0.5) is 17.6 Å². The maximum atomic E-state index is 15.3. The van der Waals surface area contributed by atoms with Gasteiger partial charge in [0.1, 0.15) is 18.1 Å². The summed E-state index contributed by atoms with van der Waals surface area (Å²) < 4.78 is 58.3. The Labute approximate surface area is 244 Å². The molecule has 6 rings (SSSR count). The number of rotatable bonds is 7. The number of pyridine rings is 2. The highest BCUT2D eigenvalue weighted by molar-refractivity contribution is 6.31. The lowest BCUT2D eigenvalue weighted by Gasteiger charge is -2.17. The predicted molar refractivity (Wildman–Crippen MR) is 142 cm³/mol. The van der Waals surface area contributed by atoms with Crippen LogP contribution in [0.5, 0.6) is 0 Å². The van der Waals surface area contributed by atoms with Gasteiger partial charge >= 0.3 is 6.18 Å². The zero-order valence-corrected chi connectivity index (χ0v) is 22.7. The second-order valence-electron chi connectivity index (χ2n) is 9.36. The number of benzene rings is 1. The fourth-order valence-corrected chi connectivity index (χ4v) is 4.77. The van der Waals surface area contributed by atoms with E-state index in [2.05, 4.69) is 35.8 Å². The molecule has 0 N–H and O–H groups in total. The first-order valence-corrected chi connectivity index (χ1v) is 12.8.